The molecule has 0 aromatic heterocycles. The zero-order valence-electron chi connectivity index (χ0n) is 19.5. The molecule has 192 valence electrons. The molecular weight excluding hydrogens is 477 g/mol. The van der Waals surface area contributed by atoms with Gasteiger partial charge in [0, 0.05) is 23.2 Å². The van der Waals surface area contributed by atoms with Crippen LogP contribution >= 0.6 is 0 Å². The average molecular weight is 505 g/mol. The molecule has 2 aliphatic rings. The number of carbonyl (C=O) groups excluding carboxylic acids is 2. The molecule has 1 heterocycles. The summed E-state index contributed by atoms with van der Waals surface area (Å²) < 4.78 is 41.2. The van der Waals surface area contributed by atoms with Crippen LogP contribution in [0.2, 0.25) is 0 Å². The van der Waals surface area contributed by atoms with Gasteiger partial charge in [-0.2, -0.15) is 0 Å². The number of ketones is 1. The maximum absolute atomic E-state index is 13.2. The van der Waals surface area contributed by atoms with Crippen molar-refractivity contribution in [1.82, 2.24) is 5.32 Å². The highest BCUT2D eigenvalue weighted by molar-refractivity contribution is 6.06. The van der Waals surface area contributed by atoms with Crippen LogP contribution in [0.5, 0.6) is 5.75 Å². The molecule has 0 radical (unpaired) electrons. The van der Waals surface area contributed by atoms with E-state index in [1.165, 1.54) is 7.05 Å². The Morgan fingerprint density at radius 3 is 2.47 bits per heavy atom. The number of aliphatic carboxylic acids is 1. The van der Waals surface area contributed by atoms with E-state index in [4.69, 9.17) is 0 Å². The first-order valence-electron chi connectivity index (χ1n) is 11.7. The number of hydrogen-bond donors (Lipinski definition) is 3. The highest BCUT2D eigenvalue weighted by Crippen LogP contribution is 2.51. The van der Waals surface area contributed by atoms with Gasteiger partial charge in [-0.05, 0) is 68.1 Å². The molecule has 3 N–H and O–H groups in total. The monoisotopic (exact) mass is 504 g/mol. The van der Waals surface area contributed by atoms with Gasteiger partial charge in [0.05, 0.1) is 5.92 Å². The van der Waals surface area contributed by atoms with E-state index in [9.17, 15) is 32.7 Å². The summed E-state index contributed by atoms with van der Waals surface area (Å²) in [5, 5.41) is 17.0. The lowest BCUT2D eigenvalue weighted by atomic mass is 9.64. The molecule has 1 aliphatic heterocycles. The second-order valence-corrected chi connectivity index (χ2v) is 9.32. The number of alkyl halides is 3. The molecule has 7 nitrogen and oxygen atoms in total. The maximum atomic E-state index is 13.2. The highest BCUT2D eigenvalue weighted by Gasteiger charge is 2.55. The summed E-state index contributed by atoms with van der Waals surface area (Å²) in [4.78, 5) is 38.2. The standard InChI is InChI=1S/C26H27F3N2O5/c1-30-25(24(34)35,22-18-5-2-3-7-20(18)31-21-8-4-6-19(21)22)13-16(14-32)23(33)15-9-11-17(12-10-15)36-26(27,28)29/h2-3,5,7,9-12,14,16,19,21-22,30-31H,4,6,8,13H2,1H3,(H,34,35)/t16?,19-,21+,22?,25?/m0/s1. The van der Waals surface area contributed by atoms with Crippen molar-refractivity contribution in [3.63, 3.8) is 0 Å². The zero-order valence-corrected chi connectivity index (χ0v) is 19.5. The highest BCUT2D eigenvalue weighted by atomic mass is 19.4. The third-order valence-electron chi connectivity index (χ3n) is 7.41. The molecule has 3 unspecified atom stereocenters. The molecular formula is C26H27F3N2O5. The molecule has 10 heteroatoms. The number of Topliss-reactive ketones (excluding diaryl/α,β-unsaturated/α-hetero) is 1. The van der Waals surface area contributed by atoms with Crippen LogP contribution in [0, 0.1) is 11.8 Å². The molecule has 0 saturated heterocycles. The Hall–Kier alpha value is -3.40. The normalized spacial score (nSPS) is 23.4. The Kier molecular flexibility index (Phi) is 7.08. The van der Waals surface area contributed by atoms with Crippen LogP contribution in [-0.2, 0) is 9.59 Å². The number of likely N-dealkylation sites (N-methyl/N-ethyl adjacent to an activating group) is 1. The number of anilines is 1. The third-order valence-corrected chi connectivity index (χ3v) is 7.41. The van der Waals surface area contributed by atoms with Crippen LogP contribution in [0.4, 0.5) is 18.9 Å². The fourth-order valence-electron chi connectivity index (χ4n) is 5.82. The largest absolute Gasteiger partial charge is 0.573 e. The van der Waals surface area contributed by atoms with Crippen molar-refractivity contribution in [1.29, 1.82) is 0 Å². The van der Waals surface area contributed by atoms with Gasteiger partial charge in [-0.25, -0.2) is 0 Å². The van der Waals surface area contributed by atoms with Crippen LogP contribution in [0.15, 0.2) is 48.5 Å². The predicted octanol–water partition coefficient (Wildman–Crippen LogP) is 4.39. The molecule has 1 fully saturated rings. The minimum atomic E-state index is -4.88. The van der Waals surface area contributed by atoms with E-state index >= 15 is 0 Å². The van der Waals surface area contributed by atoms with E-state index in [1.54, 1.807) is 0 Å². The summed E-state index contributed by atoms with van der Waals surface area (Å²) in [6.07, 6.45) is -2.17. The van der Waals surface area contributed by atoms with Gasteiger partial charge in [-0.3, -0.25) is 9.59 Å². The molecule has 0 amide bonds. The van der Waals surface area contributed by atoms with Crippen molar-refractivity contribution >= 4 is 23.7 Å². The molecule has 4 rings (SSSR count). The molecule has 2 aromatic rings. The van der Waals surface area contributed by atoms with E-state index in [0.29, 0.717) is 6.29 Å². The van der Waals surface area contributed by atoms with Gasteiger partial charge in [-0.1, -0.05) is 24.6 Å². The van der Waals surface area contributed by atoms with Gasteiger partial charge in [0.25, 0.3) is 0 Å². The Morgan fingerprint density at radius 2 is 1.86 bits per heavy atom. The van der Waals surface area contributed by atoms with Crippen LogP contribution < -0.4 is 15.4 Å². The number of halogens is 3. The summed E-state index contributed by atoms with van der Waals surface area (Å²) in [5.74, 6) is -4.21. The summed E-state index contributed by atoms with van der Waals surface area (Å²) in [6.45, 7) is 0. The lowest BCUT2D eigenvalue weighted by molar-refractivity contribution is -0.274. The summed E-state index contributed by atoms with van der Waals surface area (Å²) in [7, 11) is 1.51. The minimum Gasteiger partial charge on any atom is -0.480 e. The lowest BCUT2D eigenvalue weighted by Crippen LogP contribution is -2.60. The number of para-hydroxylation sites is 1. The van der Waals surface area contributed by atoms with Gasteiger partial charge in [0.2, 0.25) is 0 Å². The van der Waals surface area contributed by atoms with Crippen molar-refractivity contribution in [3.05, 3.63) is 59.7 Å². The van der Waals surface area contributed by atoms with Crippen LogP contribution in [0.25, 0.3) is 0 Å². The number of carbonyl (C=O) groups is 3. The number of carboxylic acids is 1. The van der Waals surface area contributed by atoms with Gasteiger partial charge in [-0.15, -0.1) is 13.2 Å². The molecule has 2 aromatic carbocycles. The Morgan fingerprint density at radius 1 is 1.17 bits per heavy atom. The number of carboxylic acid groups (broad SMARTS) is 1. The van der Waals surface area contributed by atoms with E-state index in [2.05, 4.69) is 15.4 Å². The Balaban J connectivity index is 1.68. The SMILES string of the molecule is CNC(CC(C=O)C(=O)c1ccc(OC(F)(F)F)cc1)(C(=O)O)C1c2ccccc2N[C@@H]2CCC[C@H]12. The number of benzene rings is 2. The van der Waals surface area contributed by atoms with Gasteiger partial charge in [0.15, 0.2) is 5.78 Å². The first kappa shape index (κ1) is 25.7. The first-order chi connectivity index (χ1) is 17.1. The fourth-order valence-corrected chi connectivity index (χ4v) is 5.82. The predicted molar refractivity (Wildman–Crippen MR) is 125 cm³/mol. The fraction of sp³-hybridized carbons (Fsp3) is 0.423. The number of aldehydes is 1. The zero-order chi connectivity index (χ0) is 26.1. The van der Waals surface area contributed by atoms with E-state index in [1.807, 2.05) is 24.3 Å². The summed E-state index contributed by atoms with van der Waals surface area (Å²) in [6, 6.07) is 11.8. The summed E-state index contributed by atoms with van der Waals surface area (Å²) in [5.41, 5.74) is -0.00292. The van der Waals surface area contributed by atoms with Crippen molar-refractivity contribution in [2.75, 3.05) is 12.4 Å². The minimum absolute atomic E-state index is 0.0125. The van der Waals surface area contributed by atoms with E-state index in [-0.39, 0.29) is 23.9 Å². The number of hydrogen-bond acceptors (Lipinski definition) is 6. The maximum Gasteiger partial charge on any atom is 0.573 e. The summed E-state index contributed by atoms with van der Waals surface area (Å²) >= 11 is 0. The first-order valence-corrected chi connectivity index (χ1v) is 11.7. The van der Waals surface area contributed by atoms with Crippen LogP contribution in [0.1, 0.15) is 47.5 Å². The van der Waals surface area contributed by atoms with Crippen molar-refractivity contribution in [2.45, 2.75) is 49.5 Å². The second kappa shape index (κ2) is 9.93. The number of nitrogens with one attached hydrogen (secondary N) is 2. The number of fused-ring (bicyclic) bond motifs is 2. The van der Waals surface area contributed by atoms with Crippen molar-refractivity contribution in [2.24, 2.45) is 11.8 Å². The number of rotatable bonds is 9. The molecule has 5 atom stereocenters. The van der Waals surface area contributed by atoms with Gasteiger partial charge >= 0.3 is 12.3 Å². The van der Waals surface area contributed by atoms with Crippen LogP contribution in [0.3, 0.4) is 0 Å². The number of ether oxygens (including phenoxy) is 1. The quantitative estimate of drug-likeness (QED) is 0.264. The molecule has 36 heavy (non-hydrogen) atoms. The Bertz CT molecular complexity index is 1140. The van der Waals surface area contributed by atoms with Gasteiger partial charge < -0.3 is 25.3 Å². The topological polar surface area (TPSA) is 105 Å². The van der Waals surface area contributed by atoms with E-state index < -0.39 is 41.2 Å². The van der Waals surface area contributed by atoms with E-state index in [0.717, 1.165) is 54.8 Å². The molecule has 1 saturated carbocycles. The molecule has 0 bridgehead atoms. The van der Waals surface area contributed by atoms with Crippen LogP contribution in [-0.4, -0.2) is 48.1 Å². The Labute approximate surface area is 206 Å². The average Bonchev–Trinajstić information content (AvgIpc) is 3.31. The van der Waals surface area contributed by atoms with Crippen molar-refractivity contribution < 1.29 is 37.4 Å². The van der Waals surface area contributed by atoms with Crippen molar-refractivity contribution in [3.8, 4) is 5.75 Å². The lowest BCUT2D eigenvalue weighted by Gasteiger charge is -2.47. The smallest absolute Gasteiger partial charge is 0.480 e. The second-order valence-electron chi connectivity index (χ2n) is 9.32. The molecule has 1 aliphatic carbocycles. The van der Waals surface area contributed by atoms with Gasteiger partial charge in [0.1, 0.15) is 17.6 Å². The molecule has 0 spiro atoms. The third kappa shape index (κ3) is 4.82.